The lowest BCUT2D eigenvalue weighted by atomic mass is 10.1. The summed E-state index contributed by atoms with van der Waals surface area (Å²) in [5.41, 5.74) is 3.59. The van der Waals surface area contributed by atoms with E-state index in [2.05, 4.69) is 25.0 Å². The van der Waals surface area contributed by atoms with Gasteiger partial charge in [-0.05, 0) is 12.1 Å². The Morgan fingerprint density at radius 3 is 2.43 bits per heavy atom. The molecule has 0 spiro atoms. The molecule has 0 aliphatic carbocycles. The normalized spacial score (nSPS) is 21.2. The predicted octanol–water partition coefficient (Wildman–Crippen LogP) is -0.537. The molecule has 2 heterocycles. The Hall–Kier alpha value is -2.89. The summed E-state index contributed by atoms with van der Waals surface area (Å²) in [7, 11) is -16.9. The van der Waals surface area contributed by atoms with Crippen LogP contribution in [-0.2, 0) is 49.5 Å². The monoisotopic (exact) mass is 686 g/mol. The number of aliphatic hydroxyl groups is 1. The van der Waals surface area contributed by atoms with Gasteiger partial charge in [0.1, 0.15) is 12.3 Å². The number of benzene rings is 1. The van der Waals surface area contributed by atoms with Crippen LogP contribution in [0.4, 0.5) is 5.69 Å². The molecule has 2 unspecified atom stereocenters. The SMILES string of the molecule is NCC#Cc1ccc(COCc2cn([C@H]3C[C@@H](O)[C@@H](COP(=O)(O)OP(=O)(O)OP(=O)(O)O)O3)c(=O)[nH]c2=O)c([N+](=O)[O-])c1. The third kappa shape index (κ3) is 10.3. The minimum Gasteiger partial charge on any atom is -0.390 e. The van der Waals surface area contributed by atoms with Crippen LogP contribution in [0.15, 0.2) is 34.0 Å². The molecule has 3 rings (SSSR count). The molecule has 1 aliphatic rings. The average Bonchev–Trinajstić information content (AvgIpc) is 3.25. The van der Waals surface area contributed by atoms with Crippen LogP contribution in [0.25, 0.3) is 0 Å². The van der Waals surface area contributed by atoms with Gasteiger partial charge in [0.25, 0.3) is 11.2 Å². The fourth-order valence-electron chi connectivity index (χ4n) is 3.71. The zero-order valence-corrected chi connectivity index (χ0v) is 24.7. The fourth-order valence-corrected chi connectivity index (χ4v) is 6.74. The van der Waals surface area contributed by atoms with E-state index in [-0.39, 0.29) is 36.4 Å². The third-order valence-corrected chi connectivity index (χ3v) is 9.31. The van der Waals surface area contributed by atoms with Gasteiger partial charge in [-0.3, -0.25) is 29.0 Å². The van der Waals surface area contributed by atoms with Crippen molar-refractivity contribution in [2.24, 2.45) is 5.73 Å². The van der Waals surface area contributed by atoms with Gasteiger partial charge >= 0.3 is 29.2 Å². The molecule has 1 aliphatic heterocycles. The Morgan fingerprint density at radius 2 is 1.80 bits per heavy atom. The molecule has 8 N–H and O–H groups in total. The van der Waals surface area contributed by atoms with Crippen molar-refractivity contribution in [3.63, 3.8) is 0 Å². The van der Waals surface area contributed by atoms with E-state index in [9.17, 15) is 48.3 Å². The molecule has 0 amide bonds. The maximum atomic E-state index is 12.4. The lowest BCUT2D eigenvalue weighted by Gasteiger charge is -2.19. The van der Waals surface area contributed by atoms with Crippen LogP contribution >= 0.6 is 23.5 Å². The number of nitrogens with one attached hydrogen (secondary N) is 1. The summed E-state index contributed by atoms with van der Waals surface area (Å²) >= 11 is 0. The molecule has 2 aromatic rings. The summed E-state index contributed by atoms with van der Waals surface area (Å²) in [6, 6.07) is 4.17. The zero-order valence-electron chi connectivity index (χ0n) is 22.0. The van der Waals surface area contributed by atoms with Crippen LogP contribution < -0.4 is 17.0 Å². The number of phosphoric acid groups is 3. The number of nitrogens with two attached hydrogens (primary N) is 1. The van der Waals surface area contributed by atoms with E-state index < -0.39 is 71.3 Å². The highest BCUT2D eigenvalue weighted by Gasteiger charge is 2.43. The topological polar surface area (TPSA) is 323 Å². The fraction of sp³-hybridized carbons (Fsp3) is 0.400. The van der Waals surface area contributed by atoms with Gasteiger partial charge in [0, 0.05) is 24.2 Å². The molecule has 1 aromatic heterocycles. The molecule has 0 bridgehead atoms. The molecule has 1 aromatic carbocycles. The van der Waals surface area contributed by atoms with Gasteiger partial charge in [-0.15, -0.1) is 0 Å². The zero-order chi connectivity index (χ0) is 32.9. The third-order valence-electron chi connectivity index (χ3n) is 5.51. The Kier molecular flexibility index (Phi) is 11.7. The quantitative estimate of drug-likeness (QED) is 0.0602. The van der Waals surface area contributed by atoms with Crippen LogP contribution in [0.5, 0.6) is 0 Å². The number of nitro groups is 1. The van der Waals surface area contributed by atoms with Crippen molar-refractivity contribution in [1.29, 1.82) is 0 Å². The van der Waals surface area contributed by atoms with Crippen LogP contribution in [0, 0.1) is 22.0 Å². The van der Waals surface area contributed by atoms with E-state index in [0.29, 0.717) is 5.56 Å². The summed E-state index contributed by atoms with van der Waals surface area (Å²) in [5.74, 6) is 5.25. The van der Waals surface area contributed by atoms with Crippen LogP contribution in [-0.4, -0.2) is 64.5 Å². The smallest absolute Gasteiger partial charge is 0.390 e. The largest absolute Gasteiger partial charge is 0.490 e. The van der Waals surface area contributed by atoms with Gasteiger partial charge in [-0.25, -0.2) is 18.5 Å². The van der Waals surface area contributed by atoms with Gasteiger partial charge in [-0.1, -0.05) is 11.8 Å². The lowest BCUT2D eigenvalue weighted by Crippen LogP contribution is -2.34. The second-order valence-electron chi connectivity index (χ2n) is 8.74. The van der Waals surface area contributed by atoms with E-state index in [0.717, 1.165) is 10.8 Å². The minimum absolute atomic E-state index is 0.0584. The first kappa shape index (κ1) is 35.6. The highest BCUT2D eigenvalue weighted by atomic mass is 31.3. The van der Waals surface area contributed by atoms with E-state index in [4.69, 9.17) is 25.0 Å². The Labute approximate surface area is 245 Å². The number of hydrogen-bond donors (Lipinski definition) is 7. The molecular formula is C20H25N4O17P3. The van der Waals surface area contributed by atoms with Crippen LogP contribution in [0.2, 0.25) is 0 Å². The number of aromatic nitrogens is 2. The standard InChI is InChI=1S/C20H25N4O17P3/c21-5-1-2-12-3-4-13(15(6-12)24(28)29)9-37-10-14-8-23(20(27)22-19(14)26)18-7-16(25)17(39-18)11-38-43(33,34)41-44(35,36)40-42(30,31)32/h3-4,6,8,16-18,25H,5,7,9-11,21H2,(H,33,34)(H,35,36)(H,22,26,27)(H2,30,31,32)/t16-,17-,18-/m1/s1. The van der Waals surface area contributed by atoms with Crippen LogP contribution in [0.1, 0.15) is 29.3 Å². The molecule has 44 heavy (non-hydrogen) atoms. The average molecular weight is 686 g/mol. The van der Waals surface area contributed by atoms with Crippen molar-refractivity contribution in [2.75, 3.05) is 13.2 Å². The maximum absolute atomic E-state index is 12.4. The van der Waals surface area contributed by atoms with Gasteiger partial charge in [0.05, 0.1) is 48.5 Å². The van der Waals surface area contributed by atoms with Crippen molar-refractivity contribution in [3.05, 3.63) is 72.0 Å². The number of rotatable bonds is 13. The van der Waals surface area contributed by atoms with Gasteiger partial charge in [0.15, 0.2) is 0 Å². The highest BCUT2D eigenvalue weighted by Crippen LogP contribution is 2.66. The molecule has 5 atom stereocenters. The molecule has 24 heteroatoms. The number of nitro benzene ring substituents is 1. The second kappa shape index (κ2) is 14.5. The number of aliphatic hydroxyl groups excluding tert-OH is 1. The van der Waals surface area contributed by atoms with Crippen molar-refractivity contribution in [1.82, 2.24) is 9.55 Å². The molecule has 1 saturated heterocycles. The van der Waals surface area contributed by atoms with E-state index in [1.165, 1.54) is 18.2 Å². The summed E-state index contributed by atoms with van der Waals surface area (Å²) in [4.78, 5) is 73.6. The van der Waals surface area contributed by atoms with E-state index in [1.54, 1.807) is 0 Å². The summed E-state index contributed by atoms with van der Waals surface area (Å²) in [6.45, 7) is -1.65. The highest BCUT2D eigenvalue weighted by molar-refractivity contribution is 7.66. The maximum Gasteiger partial charge on any atom is 0.490 e. The molecular weight excluding hydrogens is 661 g/mol. The Balaban J connectivity index is 1.67. The summed E-state index contributed by atoms with van der Waals surface area (Å²) < 4.78 is 57.5. The van der Waals surface area contributed by atoms with Crippen LogP contribution in [0.3, 0.4) is 0 Å². The molecule has 0 radical (unpaired) electrons. The minimum atomic E-state index is -5.77. The van der Waals surface area contributed by atoms with Gasteiger partial charge in [-0.2, -0.15) is 8.62 Å². The first-order valence-electron chi connectivity index (χ1n) is 11.9. The first-order chi connectivity index (χ1) is 20.4. The van der Waals surface area contributed by atoms with Crippen molar-refractivity contribution >= 4 is 29.2 Å². The van der Waals surface area contributed by atoms with Gasteiger partial charge < -0.3 is 39.9 Å². The van der Waals surface area contributed by atoms with E-state index >= 15 is 0 Å². The summed E-state index contributed by atoms with van der Waals surface area (Å²) in [6.07, 6.45) is -3.44. The van der Waals surface area contributed by atoms with Crippen molar-refractivity contribution < 1.29 is 65.9 Å². The number of aromatic amines is 1. The number of nitrogens with zero attached hydrogens (tertiary/aromatic N) is 2. The second-order valence-corrected chi connectivity index (χ2v) is 13.2. The molecule has 1 fully saturated rings. The predicted molar refractivity (Wildman–Crippen MR) is 143 cm³/mol. The Morgan fingerprint density at radius 1 is 1.11 bits per heavy atom. The van der Waals surface area contributed by atoms with Crippen molar-refractivity contribution in [2.45, 2.75) is 38.1 Å². The number of phosphoric ester groups is 1. The van der Waals surface area contributed by atoms with Gasteiger partial charge in [0.2, 0.25) is 0 Å². The Bertz CT molecular complexity index is 1710. The molecule has 21 nitrogen and oxygen atoms in total. The summed E-state index contributed by atoms with van der Waals surface area (Å²) in [5, 5.41) is 21.8. The first-order valence-corrected chi connectivity index (χ1v) is 16.4. The van der Waals surface area contributed by atoms with Crippen molar-refractivity contribution in [3.8, 4) is 11.8 Å². The number of H-pyrrole nitrogens is 1. The number of hydrogen-bond acceptors (Lipinski definition) is 14. The number of ether oxygens (including phenoxy) is 2. The lowest BCUT2D eigenvalue weighted by molar-refractivity contribution is -0.386. The molecule has 242 valence electrons. The van der Waals surface area contributed by atoms with E-state index in [1.807, 2.05) is 4.98 Å². The molecule has 0 saturated carbocycles.